The molecular formula is C32H68Y2-2. The predicted octanol–water partition coefficient (Wildman–Crippen LogP) is 12.1. The average Bonchev–Trinajstić information content (AvgIpc) is 2.60. The van der Waals surface area contributed by atoms with Crippen LogP contribution in [0.2, 0.25) is 0 Å². The molecule has 2 unspecified atom stereocenters. The Morgan fingerprint density at radius 2 is 1.03 bits per heavy atom. The van der Waals surface area contributed by atoms with E-state index in [1.54, 1.807) is 5.92 Å². The van der Waals surface area contributed by atoms with E-state index in [1.165, 1.54) is 44.4 Å². The van der Waals surface area contributed by atoms with E-state index in [9.17, 15) is 0 Å². The van der Waals surface area contributed by atoms with Gasteiger partial charge in [-0.05, 0) is 28.1 Å². The van der Waals surface area contributed by atoms with Gasteiger partial charge < -0.3 is 11.8 Å². The average molecular weight is 631 g/mol. The molecule has 0 fully saturated rings. The fourth-order valence-electron chi connectivity index (χ4n) is 2.82. The first-order valence-corrected chi connectivity index (χ1v) is 13.4. The van der Waals surface area contributed by atoms with Gasteiger partial charge in [-0.2, -0.15) is 40.5 Å². The van der Waals surface area contributed by atoms with Crippen LogP contribution in [0.15, 0.2) is 12.7 Å². The van der Waals surface area contributed by atoms with E-state index in [0.717, 1.165) is 11.8 Å². The summed E-state index contributed by atoms with van der Waals surface area (Å²) in [7, 11) is 0. The van der Waals surface area contributed by atoms with Crippen LogP contribution >= 0.6 is 0 Å². The van der Waals surface area contributed by atoms with Crippen LogP contribution in [0.3, 0.4) is 0 Å². The summed E-state index contributed by atoms with van der Waals surface area (Å²) in [6.07, 6.45) is 9.80. The van der Waals surface area contributed by atoms with Crippen molar-refractivity contribution in [2.75, 3.05) is 0 Å². The summed E-state index contributed by atoms with van der Waals surface area (Å²) in [5, 5.41) is 0. The van der Waals surface area contributed by atoms with Crippen molar-refractivity contribution < 1.29 is 65.4 Å². The molecule has 0 N–H and O–H groups in total. The molecule has 0 saturated carbocycles. The number of rotatable bonds is 7. The van der Waals surface area contributed by atoms with Crippen LogP contribution in [0.4, 0.5) is 0 Å². The molecule has 34 heavy (non-hydrogen) atoms. The Bertz CT molecular complexity index is 389. The molecule has 0 aromatic heterocycles. The van der Waals surface area contributed by atoms with E-state index >= 15 is 0 Å². The molecule has 0 amide bonds. The van der Waals surface area contributed by atoms with Crippen molar-refractivity contribution in [1.29, 1.82) is 0 Å². The third-order valence-corrected chi connectivity index (χ3v) is 6.16. The molecule has 0 bridgehead atoms. The van der Waals surface area contributed by atoms with E-state index in [0.29, 0.717) is 16.2 Å². The molecule has 2 radical (unpaired) electrons. The second-order valence-electron chi connectivity index (χ2n) is 13.4. The molecule has 0 aliphatic heterocycles. The minimum Gasteiger partial charge on any atom is -0.320 e. The molecule has 0 saturated heterocycles. The van der Waals surface area contributed by atoms with Crippen molar-refractivity contribution in [1.82, 2.24) is 0 Å². The monoisotopic (exact) mass is 630 g/mol. The molecule has 0 aliphatic carbocycles. The summed E-state index contributed by atoms with van der Waals surface area (Å²) in [5.74, 6) is 4.84. The largest absolute Gasteiger partial charge is 0.320 e. The Morgan fingerprint density at radius 3 is 1.12 bits per heavy atom. The fraction of sp³-hybridized carbons (Fsp3) is 0.875. The van der Waals surface area contributed by atoms with Gasteiger partial charge in [0.2, 0.25) is 0 Å². The number of hydrogen-bond acceptors (Lipinski definition) is 0. The molecular weight excluding hydrogens is 562 g/mol. The van der Waals surface area contributed by atoms with Crippen molar-refractivity contribution in [2.24, 2.45) is 28.1 Å². The van der Waals surface area contributed by atoms with Gasteiger partial charge in [-0.1, -0.05) is 122 Å². The van der Waals surface area contributed by atoms with Crippen molar-refractivity contribution >= 4 is 0 Å². The van der Waals surface area contributed by atoms with E-state index in [2.05, 4.69) is 124 Å². The second-order valence-corrected chi connectivity index (χ2v) is 13.4. The summed E-state index contributed by atoms with van der Waals surface area (Å²) >= 11 is 0. The van der Waals surface area contributed by atoms with Crippen LogP contribution in [-0.2, 0) is 65.4 Å². The molecule has 0 nitrogen and oxygen atoms in total. The summed E-state index contributed by atoms with van der Waals surface area (Å²) in [4.78, 5) is 0. The molecule has 0 aromatic rings. The molecule has 2 atom stereocenters. The van der Waals surface area contributed by atoms with Crippen molar-refractivity contribution in [3.63, 3.8) is 0 Å². The zero-order chi connectivity index (χ0) is 26.8. The van der Waals surface area contributed by atoms with Crippen molar-refractivity contribution in [3.8, 4) is 0 Å². The summed E-state index contributed by atoms with van der Waals surface area (Å²) in [5.41, 5.74) is 1.30. The minimum atomic E-state index is 0. The molecule has 0 aromatic carbocycles. The number of hydrogen-bond donors (Lipinski definition) is 0. The molecule has 0 spiro atoms. The van der Waals surface area contributed by atoms with Gasteiger partial charge in [0.1, 0.15) is 0 Å². The molecule has 0 heterocycles. The summed E-state index contributed by atoms with van der Waals surface area (Å²) < 4.78 is 0. The quantitative estimate of drug-likeness (QED) is 0.194. The van der Waals surface area contributed by atoms with Crippen LogP contribution in [0.5, 0.6) is 0 Å². The maximum absolute atomic E-state index is 3.63. The molecule has 0 rings (SSSR count). The zero-order valence-electron chi connectivity index (χ0n) is 27.3. The Balaban J connectivity index is -0.0000000788. The van der Waals surface area contributed by atoms with E-state index < -0.39 is 0 Å². The van der Waals surface area contributed by atoms with Crippen LogP contribution < -0.4 is 0 Å². The first-order valence-electron chi connectivity index (χ1n) is 13.4. The molecule has 2 heteroatoms. The van der Waals surface area contributed by atoms with Crippen LogP contribution in [0.1, 0.15) is 156 Å². The standard InChI is InChI=1S/C12H25.C8H18.C6H12.C6H13.2Y/c1-7-11(12(4,5)6)9-8-10(2)3;1-6-7(2)8(3,4)5;1-5-6(2,3)4;1-4-5-6(2)3;;/h11H,7-9H2,1-6H3;7H,6H2,1-5H3;5H,1H2,2-4H3;4-5H2,1-3H3;;/q-1;;;-1;;. The maximum atomic E-state index is 3.63. The van der Waals surface area contributed by atoms with Gasteiger partial charge in [0, 0.05) is 65.4 Å². The van der Waals surface area contributed by atoms with Crippen molar-refractivity contribution in [2.45, 2.75) is 156 Å². The maximum Gasteiger partial charge on any atom is 0 e. The van der Waals surface area contributed by atoms with Crippen LogP contribution in [-0.4, -0.2) is 0 Å². The first kappa shape index (κ1) is 49.0. The fourth-order valence-corrected chi connectivity index (χ4v) is 2.82. The van der Waals surface area contributed by atoms with E-state index in [4.69, 9.17) is 0 Å². The third-order valence-electron chi connectivity index (χ3n) is 6.16. The second kappa shape index (κ2) is 26.6. The van der Waals surface area contributed by atoms with Crippen molar-refractivity contribution in [3.05, 3.63) is 24.5 Å². The predicted molar refractivity (Wildman–Crippen MR) is 155 cm³/mol. The van der Waals surface area contributed by atoms with E-state index in [-0.39, 0.29) is 65.4 Å². The van der Waals surface area contributed by atoms with E-state index in [1.807, 2.05) is 6.08 Å². The minimum absolute atomic E-state index is 0. The molecule has 204 valence electrons. The normalized spacial score (nSPS) is 12.9. The van der Waals surface area contributed by atoms with Gasteiger partial charge in [0.25, 0.3) is 0 Å². The zero-order valence-corrected chi connectivity index (χ0v) is 33.0. The summed E-state index contributed by atoms with van der Waals surface area (Å²) in [6, 6.07) is 0. The third kappa shape index (κ3) is 44.0. The van der Waals surface area contributed by atoms with Gasteiger partial charge in [0.15, 0.2) is 0 Å². The van der Waals surface area contributed by atoms with Gasteiger partial charge in [-0.15, -0.1) is 6.58 Å². The summed E-state index contributed by atoms with van der Waals surface area (Å²) in [6.45, 7) is 41.8. The molecule has 0 aliphatic rings. The van der Waals surface area contributed by atoms with Gasteiger partial charge in [-0.25, -0.2) is 0 Å². The van der Waals surface area contributed by atoms with Gasteiger partial charge >= 0.3 is 0 Å². The smallest absolute Gasteiger partial charge is 0 e. The Labute approximate surface area is 271 Å². The SMILES string of the molecule is C=CC(C)(C)C.CCC(C)C(C)(C)C.CCC(CC[C-](C)C)C(C)(C)C.CCC[C-](C)C.[Y].[Y]. The Hall–Kier alpha value is 1.95. The van der Waals surface area contributed by atoms with Crippen LogP contribution in [0, 0.1) is 39.9 Å². The Kier molecular flexibility index (Phi) is 38.2. The number of allylic oxidation sites excluding steroid dienone is 1. The van der Waals surface area contributed by atoms with Crippen LogP contribution in [0.25, 0.3) is 0 Å². The van der Waals surface area contributed by atoms with Gasteiger partial charge in [-0.3, -0.25) is 0 Å². The van der Waals surface area contributed by atoms with Gasteiger partial charge in [0.05, 0.1) is 0 Å². The first-order chi connectivity index (χ1) is 14.2. The topological polar surface area (TPSA) is 0 Å². The Morgan fingerprint density at radius 1 is 0.676 bits per heavy atom.